The minimum absolute atomic E-state index is 0.371. The van der Waals surface area contributed by atoms with Gasteiger partial charge in [0, 0.05) is 12.4 Å². The summed E-state index contributed by atoms with van der Waals surface area (Å²) in [6, 6.07) is 9.48. The van der Waals surface area contributed by atoms with Gasteiger partial charge in [0.15, 0.2) is 5.65 Å². The van der Waals surface area contributed by atoms with Crippen molar-refractivity contribution in [1.82, 2.24) is 19.6 Å². The number of carboxylic acids is 1. The number of rotatable bonds is 4. The zero-order valence-electron chi connectivity index (χ0n) is 10.5. The van der Waals surface area contributed by atoms with Crippen molar-refractivity contribution in [2.75, 3.05) is 0 Å². The molecule has 0 fully saturated rings. The predicted molar refractivity (Wildman–Crippen MR) is 71.3 cm³/mol. The molecule has 1 unspecified atom stereocenters. The molecule has 1 N–H and O–H groups in total. The number of carbonyl (C=O) groups is 1. The fourth-order valence-electron chi connectivity index (χ4n) is 2.17. The number of carboxylic acid groups (broad SMARTS) is 1. The Balaban J connectivity index is 2.03. The van der Waals surface area contributed by atoms with E-state index in [4.69, 9.17) is 0 Å². The predicted octanol–water partition coefficient (Wildman–Crippen LogP) is 1.54. The minimum Gasteiger partial charge on any atom is -0.481 e. The van der Waals surface area contributed by atoms with Crippen molar-refractivity contribution in [1.29, 1.82) is 0 Å². The molecule has 0 amide bonds. The molecule has 0 radical (unpaired) electrons. The average Bonchev–Trinajstić information content (AvgIpc) is 2.94. The number of benzene rings is 1. The third-order valence-electron chi connectivity index (χ3n) is 3.15. The maximum Gasteiger partial charge on any atom is 0.313 e. The molecule has 6 nitrogen and oxygen atoms in total. The third-order valence-corrected chi connectivity index (χ3v) is 3.15. The summed E-state index contributed by atoms with van der Waals surface area (Å²) in [5.74, 6) is -1.66. The first kappa shape index (κ1) is 12.3. The number of aliphatic carboxylic acids is 1. The molecule has 0 aliphatic rings. The van der Waals surface area contributed by atoms with Crippen LogP contribution in [0.25, 0.3) is 5.65 Å². The van der Waals surface area contributed by atoms with Crippen molar-refractivity contribution < 1.29 is 9.90 Å². The zero-order chi connectivity index (χ0) is 13.9. The second kappa shape index (κ2) is 5.08. The Hall–Kier alpha value is -2.76. The van der Waals surface area contributed by atoms with Crippen molar-refractivity contribution in [3.8, 4) is 0 Å². The first-order chi connectivity index (χ1) is 9.75. The lowest BCUT2D eigenvalue weighted by molar-refractivity contribution is -0.138. The van der Waals surface area contributed by atoms with Crippen LogP contribution in [-0.2, 0) is 11.2 Å². The van der Waals surface area contributed by atoms with Gasteiger partial charge in [-0.3, -0.25) is 14.2 Å². The van der Waals surface area contributed by atoms with Gasteiger partial charge in [-0.25, -0.2) is 0 Å². The van der Waals surface area contributed by atoms with Crippen LogP contribution in [-0.4, -0.2) is 30.7 Å². The molecule has 100 valence electrons. The van der Waals surface area contributed by atoms with Crippen molar-refractivity contribution in [2.24, 2.45) is 0 Å². The smallest absolute Gasteiger partial charge is 0.313 e. The summed E-state index contributed by atoms with van der Waals surface area (Å²) >= 11 is 0. The molecule has 1 atom stereocenters. The summed E-state index contributed by atoms with van der Waals surface area (Å²) in [5.41, 5.74) is 1.86. The first-order valence-corrected chi connectivity index (χ1v) is 6.16. The van der Waals surface area contributed by atoms with E-state index >= 15 is 0 Å². The maximum atomic E-state index is 11.6. The van der Waals surface area contributed by atoms with Crippen molar-refractivity contribution >= 4 is 11.6 Å². The van der Waals surface area contributed by atoms with Gasteiger partial charge in [0.2, 0.25) is 0 Å². The van der Waals surface area contributed by atoms with Gasteiger partial charge >= 0.3 is 5.97 Å². The lowest BCUT2D eigenvalue weighted by atomic mass is 9.96. The Morgan fingerprint density at radius 3 is 2.85 bits per heavy atom. The lowest BCUT2D eigenvalue weighted by Gasteiger charge is -2.12. The van der Waals surface area contributed by atoms with Gasteiger partial charge < -0.3 is 5.11 Å². The van der Waals surface area contributed by atoms with Gasteiger partial charge in [0.05, 0.1) is 0 Å². The first-order valence-electron chi connectivity index (χ1n) is 6.16. The highest BCUT2D eigenvalue weighted by Gasteiger charge is 2.25. The van der Waals surface area contributed by atoms with Gasteiger partial charge in [-0.1, -0.05) is 30.3 Å². The van der Waals surface area contributed by atoms with E-state index in [1.807, 2.05) is 30.3 Å². The molecule has 0 aliphatic heterocycles. The van der Waals surface area contributed by atoms with E-state index in [2.05, 4.69) is 15.2 Å². The topological polar surface area (TPSA) is 80.4 Å². The molecular formula is C14H12N4O2. The van der Waals surface area contributed by atoms with Crippen LogP contribution in [0, 0.1) is 0 Å². The van der Waals surface area contributed by atoms with Crippen LogP contribution in [0.3, 0.4) is 0 Å². The Labute approximate surface area is 114 Å². The van der Waals surface area contributed by atoms with Crippen LogP contribution in [0.5, 0.6) is 0 Å². The molecule has 0 saturated carbocycles. The summed E-state index contributed by atoms with van der Waals surface area (Å²) in [4.78, 5) is 15.8. The zero-order valence-corrected chi connectivity index (χ0v) is 10.5. The summed E-state index contributed by atoms with van der Waals surface area (Å²) in [7, 11) is 0. The molecule has 2 aromatic heterocycles. The summed E-state index contributed by atoms with van der Waals surface area (Å²) in [6.45, 7) is 0. The van der Waals surface area contributed by atoms with E-state index in [-0.39, 0.29) is 0 Å². The van der Waals surface area contributed by atoms with Crippen LogP contribution in [0.15, 0.2) is 49.1 Å². The number of hydrogen-bond acceptors (Lipinski definition) is 4. The Kier molecular flexibility index (Phi) is 3.12. The minimum atomic E-state index is -0.919. The Morgan fingerprint density at radius 2 is 2.10 bits per heavy atom. The van der Waals surface area contributed by atoms with Gasteiger partial charge in [0.1, 0.15) is 17.9 Å². The molecule has 0 bridgehead atoms. The highest BCUT2D eigenvalue weighted by atomic mass is 16.4. The standard InChI is InChI=1S/C14H12N4O2/c19-14(20)11(8-10-4-2-1-3-5-10)12-13-17-16-9-18(13)7-6-15-12/h1-7,9,11H,8H2,(H,19,20). The Bertz CT molecular complexity index is 739. The monoisotopic (exact) mass is 268 g/mol. The van der Waals surface area contributed by atoms with Gasteiger partial charge in [0.25, 0.3) is 0 Å². The third kappa shape index (κ3) is 2.23. The number of aromatic nitrogens is 4. The van der Waals surface area contributed by atoms with Crippen LogP contribution in [0.1, 0.15) is 17.2 Å². The molecule has 20 heavy (non-hydrogen) atoms. The maximum absolute atomic E-state index is 11.6. The molecule has 6 heteroatoms. The fourth-order valence-corrected chi connectivity index (χ4v) is 2.17. The van der Waals surface area contributed by atoms with Crippen molar-refractivity contribution in [2.45, 2.75) is 12.3 Å². The number of hydrogen-bond donors (Lipinski definition) is 1. The second-order valence-corrected chi connectivity index (χ2v) is 4.45. The van der Waals surface area contributed by atoms with Crippen molar-refractivity contribution in [3.05, 3.63) is 60.3 Å². The SMILES string of the molecule is O=C(O)C(Cc1ccccc1)c1nccn2cnnc12. The van der Waals surface area contributed by atoms with Gasteiger partial charge in [-0.2, -0.15) is 0 Å². The van der Waals surface area contributed by atoms with E-state index in [0.29, 0.717) is 17.8 Å². The van der Waals surface area contributed by atoms with Crippen molar-refractivity contribution in [3.63, 3.8) is 0 Å². The normalized spacial score (nSPS) is 12.4. The molecule has 3 aromatic rings. The van der Waals surface area contributed by atoms with E-state index in [1.165, 1.54) is 6.33 Å². The number of nitrogens with zero attached hydrogens (tertiary/aromatic N) is 4. The summed E-state index contributed by atoms with van der Waals surface area (Å²) < 4.78 is 1.67. The summed E-state index contributed by atoms with van der Waals surface area (Å²) in [6.07, 6.45) is 5.16. The van der Waals surface area contributed by atoms with Crippen LogP contribution in [0.4, 0.5) is 0 Å². The second-order valence-electron chi connectivity index (χ2n) is 4.45. The highest BCUT2D eigenvalue weighted by molar-refractivity contribution is 5.78. The number of fused-ring (bicyclic) bond motifs is 1. The largest absolute Gasteiger partial charge is 0.481 e. The van der Waals surface area contributed by atoms with E-state index in [0.717, 1.165) is 5.56 Å². The molecule has 0 spiro atoms. The molecule has 0 aliphatic carbocycles. The molecule has 1 aromatic carbocycles. The van der Waals surface area contributed by atoms with E-state index in [9.17, 15) is 9.90 Å². The van der Waals surface area contributed by atoms with Crippen LogP contribution in [0.2, 0.25) is 0 Å². The van der Waals surface area contributed by atoms with Crippen LogP contribution >= 0.6 is 0 Å². The molecular weight excluding hydrogens is 256 g/mol. The fraction of sp³-hybridized carbons (Fsp3) is 0.143. The van der Waals surface area contributed by atoms with Gasteiger partial charge in [-0.15, -0.1) is 10.2 Å². The molecule has 0 saturated heterocycles. The van der Waals surface area contributed by atoms with E-state index in [1.54, 1.807) is 16.8 Å². The Morgan fingerprint density at radius 1 is 1.30 bits per heavy atom. The lowest BCUT2D eigenvalue weighted by Crippen LogP contribution is -2.17. The van der Waals surface area contributed by atoms with Crippen LogP contribution < -0.4 is 0 Å². The molecule has 2 heterocycles. The summed E-state index contributed by atoms with van der Waals surface area (Å²) in [5, 5.41) is 17.2. The molecule has 3 rings (SSSR count). The van der Waals surface area contributed by atoms with E-state index < -0.39 is 11.9 Å². The quantitative estimate of drug-likeness (QED) is 0.776. The highest BCUT2D eigenvalue weighted by Crippen LogP contribution is 2.22. The average molecular weight is 268 g/mol. The van der Waals surface area contributed by atoms with Gasteiger partial charge in [-0.05, 0) is 12.0 Å².